The standard InChI is InChI=1S/C15H10ClN3O2/c16-11-4-1-3-10(7-11)13-8-14(21-19-13)15(20)18-12-5-2-6-17-9-12/h1-9H,(H,18,20). The summed E-state index contributed by atoms with van der Waals surface area (Å²) >= 11 is 5.93. The molecule has 2 heterocycles. The van der Waals surface area contributed by atoms with Gasteiger partial charge in [-0.25, -0.2) is 0 Å². The van der Waals surface area contributed by atoms with Crippen LogP contribution in [0.15, 0.2) is 59.4 Å². The van der Waals surface area contributed by atoms with Crippen molar-refractivity contribution < 1.29 is 9.32 Å². The van der Waals surface area contributed by atoms with Crippen molar-refractivity contribution in [3.63, 3.8) is 0 Å². The topological polar surface area (TPSA) is 68.0 Å². The predicted molar refractivity (Wildman–Crippen MR) is 79.1 cm³/mol. The van der Waals surface area contributed by atoms with Gasteiger partial charge in [0.2, 0.25) is 5.76 Å². The van der Waals surface area contributed by atoms with Crippen LogP contribution in [0, 0.1) is 0 Å². The fourth-order valence-electron chi connectivity index (χ4n) is 1.80. The van der Waals surface area contributed by atoms with E-state index in [9.17, 15) is 4.79 Å². The summed E-state index contributed by atoms with van der Waals surface area (Å²) < 4.78 is 5.07. The summed E-state index contributed by atoms with van der Waals surface area (Å²) in [6.45, 7) is 0. The van der Waals surface area contributed by atoms with E-state index in [0.717, 1.165) is 5.56 Å². The molecule has 0 atom stereocenters. The normalized spacial score (nSPS) is 10.3. The summed E-state index contributed by atoms with van der Waals surface area (Å²) in [6, 6.07) is 12.2. The van der Waals surface area contributed by atoms with Gasteiger partial charge in [0.15, 0.2) is 0 Å². The van der Waals surface area contributed by atoms with Gasteiger partial charge in [-0.05, 0) is 24.3 Å². The number of amides is 1. The first-order chi connectivity index (χ1) is 10.2. The lowest BCUT2D eigenvalue weighted by Gasteiger charge is -2.00. The zero-order chi connectivity index (χ0) is 14.7. The molecule has 0 aliphatic carbocycles. The Morgan fingerprint density at radius 3 is 2.86 bits per heavy atom. The van der Waals surface area contributed by atoms with Crippen LogP contribution in [-0.2, 0) is 0 Å². The Kier molecular flexibility index (Phi) is 3.66. The predicted octanol–water partition coefficient (Wildman–Crippen LogP) is 3.64. The number of carbonyl (C=O) groups is 1. The van der Waals surface area contributed by atoms with Gasteiger partial charge in [0, 0.05) is 22.8 Å². The minimum atomic E-state index is -0.385. The van der Waals surface area contributed by atoms with E-state index in [4.69, 9.17) is 16.1 Å². The third kappa shape index (κ3) is 3.09. The first-order valence-electron chi connectivity index (χ1n) is 6.16. The monoisotopic (exact) mass is 299 g/mol. The van der Waals surface area contributed by atoms with E-state index < -0.39 is 0 Å². The highest BCUT2D eigenvalue weighted by Gasteiger charge is 2.14. The van der Waals surface area contributed by atoms with E-state index in [1.807, 2.05) is 12.1 Å². The van der Waals surface area contributed by atoms with E-state index in [1.54, 1.807) is 42.7 Å². The molecular formula is C15H10ClN3O2. The quantitative estimate of drug-likeness (QED) is 0.801. The maximum absolute atomic E-state index is 12.0. The highest BCUT2D eigenvalue weighted by molar-refractivity contribution is 6.30. The summed E-state index contributed by atoms with van der Waals surface area (Å²) in [7, 11) is 0. The van der Waals surface area contributed by atoms with E-state index in [1.165, 1.54) is 0 Å². The largest absolute Gasteiger partial charge is 0.350 e. The van der Waals surface area contributed by atoms with Crippen LogP contribution in [0.4, 0.5) is 5.69 Å². The first kappa shape index (κ1) is 13.3. The van der Waals surface area contributed by atoms with Gasteiger partial charge in [-0.1, -0.05) is 28.9 Å². The smallest absolute Gasteiger partial charge is 0.294 e. The van der Waals surface area contributed by atoms with Gasteiger partial charge in [0.05, 0.1) is 11.9 Å². The molecule has 1 amide bonds. The SMILES string of the molecule is O=C(Nc1cccnc1)c1cc(-c2cccc(Cl)c2)no1. The van der Waals surface area contributed by atoms with Crippen molar-refractivity contribution in [2.24, 2.45) is 0 Å². The minimum Gasteiger partial charge on any atom is -0.350 e. The molecule has 104 valence electrons. The molecule has 5 nitrogen and oxygen atoms in total. The van der Waals surface area contributed by atoms with Crippen LogP contribution >= 0.6 is 11.6 Å². The van der Waals surface area contributed by atoms with Gasteiger partial charge < -0.3 is 9.84 Å². The fraction of sp³-hybridized carbons (Fsp3) is 0. The second-order valence-electron chi connectivity index (χ2n) is 4.28. The van der Waals surface area contributed by atoms with E-state index >= 15 is 0 Å². The maximum Gasteiger partial charge on any atom is 0.294 e. The second kappa shape index (κ2) is 5.76. The summed E-state index contributed by atoms with van der Waals surface area (Å²) in [5, 5.41) is 7.15. The first-order valence-corrected chi connectivity index (χ1v) is 6.54. The Hall–Kier alpha value is -2.66. The van der Waals surface area contributed by atoms with Crippen LogP contribution in [0.25, 0.3) is 11.3 Å². The van der Waals surface area contributed by atoms with Gasteiger partial charge in [0.1, 0.15) is 5.69 Å². The number of carbonyl (C=O) groups excluding carboxylic acids is 1. The molecule has 2 aromatic heterocycles. The van der Waals surface area contributed by atoms with Crippen LogP contribution < -0.4 is 5.32 Å². The van der Waals surface area contributed by atoms with Crippen LogP contribution in [-0.4, -0.2) is 16.0 Å². The number of anilines is 1. The number of rotatable bonds is 3. The zero-order valence-electron chi connectivity index (χ0n) is 10.8. The van der Waals surface area contributed by atoms with Crippen LogP contribution in [0.5, 0.6) is 0 Å². The number of nitrogens with zero attached hydrogens (tertiary/aromatic N) is 2. The lowest BCUT2D eigenvalue weighted by atomic mass is 10.1. The molecule has 0 fully saturated rings. The Morgan fingerprint density at radius 1 is 1.19 bits per heavy atom. The third-order valence-electron chi connectivity index (χ3n) is 2.77. The van der Waals surface area contributed by atoms with Crippen molar-refractivity contribution in [3.8, 4) is 11.3 Å². The molecule has 6 heteroatoms. The molecular weight excluding hydrogens is 290 g/mol. The van der Waals surface area contributed by atoms with Gasteiger partial charge in [-0.3, -0.25) is 9.78 Å². The Labute approximate surface area is 125 Å². The molecule has 3 rings (SSSR count). The van der Waals surface area contributed by atoms with Crippen molar-refractivity contribution >= 4 is 23.2 Å². The lowest BCUT2D eigenvalue weighted by molar-refractivity contribution is 0.0988. The van der Waals surface area contributed by atoms with Crippen molar-refractivity contribution in [2.75, 3.05) is 5.32 Å². The highest BCUT2D eigenvalue weighted by Crippen LogP contribution is 2.22. The molecule has 1 N–H and O–H groups in total. The highest BCUT2D eigenvalue weighted by atomic mass is 35.5. The summed E-state index contributed by atoms with van der Waals surface area (Å²) in [4.78, 5) is 15.9. The Balaban J connectivity index is 1.80. The molecule has 0 aliphatic rings. The fourth-order valence-corrected chi connectivity index (χ4v) is 1.99. The average Bonchev–Trinajstić information content (AvgIpc) is 2.98. The minimum absolute atomic E-state index is 0.119. The van der Waals surface area contributed by atoms with E-state index in [0.29, 0.717) is 16.4 Å². The van der Waals surface area contributed by atoms with Crippen molar-refractivity contribution in [3.05, 3.63) is 65.6 Å². The molecule has 0 radical (unpaired) electrons. The number of halogens is 1. The third-order valence-corrected chi connectivity index (χ3v) is 3.01. The summed E-state index contributed by atoms with van der Waals surface area (Å²) in [5.74, 6) is -0.266. The van der Waals surface area contributed by atoms with Gasteiger partial charge in [-0.2, -0.15) is 0 Å². The summed E-state index contributed by atoms with van der Waals surface area (Å²) in [6.07, 6.45) is 3.17. The van der Waals surface area contributed by atoms with Gasteiger partial charge in [0.25, 0.3) is 5.91 Å². The summed E-state index contributed by atoms with van der Waals surface area (Å²) in [5.41, 5.74) is 1.92. The Bertz CT molecular complexity index is 771. The molecule has 1 aromatic carbocycles. The Morgan fingerprint density at radius 2 is 2.10 bits per heavy atom. The van der Waals surface area contributed by atoms with Crippen molar-refractivity contribution in [1.82, 2.24) is 10.1 Å². The van der Waals surface area contributed by atoms with Crippen LogP contribution in [0.2, 0.25) is 5.02 Å². The molecule has 21 heavy (non-hydrogen) atoms. The number of hydrogen-bond donors (Lipinski definition) is 1. The van der Waals surface area contributed by atoms with Crippen molar-refractivity contribution in [2.45, 2.75) is 0 Å². The molecule has 0 aliphatic heterocycles. The molecule has 0 bridgehead atoms. The maximum atomic E-state index is 12.0. The lowest BCUT2D eigenvalue weighted by Crippen LogP contribution is -2.10. The van der Waals surface area contributed by atoms with E-state index in [-0.39, 0.29) is 11.7 Å². The average molecular weight is 300 g/mol. The zero-order valence-corrected chi connectivity index (χ0v) is 11.5. The number of aromatic nitrogens is 2. The number of benzene rings is 1. The number of pyridine rings is 1. The van der Waals surface area contributed by atoms with Crippen LogP contribution in [0.1, 0.15) is 10.6 Å². The molecule has 0 spiro atoms. The molecule has 0 saturated heterocycles. The molecule has 0 saturated carbocycles. The van der Waals surface area contributed by atoms with Gasteiger partial charge >= 0.3 is 0 Å². The van der Waals surface area contributed by atoms with E-state index in [2.05, 4.69) is 15.5 Å². The van der Waals surface area contributed by atoms with Crippen LogP contribution in [0.3, 0.4) is 0 Å². The molecule has 3 aromatic rings. The molecule has 0 unspecified atom stereocenters. The number of nitrogens with one attached hydrogen (secondary N) is 1. The van der Waals surface area contributed by atoms with Crippen molar-refractivity contribution in [1.29, 1.82) is 0 Å². The van der Waals surface area contributed by atoms with Gasteiger partial charge in [-0.15, -0.1) is 0 Å². The second-order valence-corrected chi connectivity index (χ2v) is 4.72. The number of hydrogen-bond acceptors (Lipinski definition) is 4.